The fourth-order valence-corrected chi connectivity index (χ4v) is 1.87. The molecular formula is C12H21N3O2. The molecule has 5 heteroatoms. The van der Waals surface area contributed by atoms with E-state index in [0.29, 0.717) is 13.1 Å². The zero-order valence-electron chi connectivity index (χ0n) is 10.2. The van der Waals surface area contributed by atoms with Gasteiger partial charge in [-0.05, 0) is 25.9 Å². The summed E-state index contributed by atoms with van der Waals surface area (Å²) in [6.45, 7) is 6.04. The number of amides is 3. The number of carbonyl (C=O) groups excluding carboxylic acids is 2. The Bertz CT molecular complexity index is 271. The largest absolute Gasteiger partial charge is 0.334 e. The minimum Gasteiger partial charge on any atom is -0.334 e. The van der Waals surface area contributed by atoms with Crippen LogP contribution in [0.4, 0.5) is 4.79 Å². The number of hydrogen-bond acceptors (Lipinski definition) is 3. The monoisotopic (exact) mass is 239 g/mol. The third-order valence-corrected chi connectivity index (χ3v) is 2.73. The van der Waals surface area contributed by atoms with Gasteiger partial charge in [0.1, 0.15) is 0 Å². The maximum atomic E-state index is 11.6. The van der Waals surface area contributed by atoms with Gasteiger partial charge < -0.3 is 5.32 Å². The van der Waals surface area contributed by atoms with E-state index in [9.17, 15) is 9.59 Å². The van der Waals surface area contributed by atoms with Gasteiger partial charge in [0.25, 0.3) is 0 Å². The first kappa shape index (κ1) is 13.7. The van der Waals surface area contributed by atoms with Crippen LogP contribution >= 0.6 is 0 Å². The zero-order valence-corrected chi connectivity index (χ0v) is 10.2. The van der Waals surface area contributed by atoms with Crippen molar-refractivity contribution in [2.75, 3.05) is 26.2 Å². The number of rotatable bonds is 4. The Balaban J connectivity index is 2.22. The van der Waals surface area contributed by atoms with Gasteiger partial charge in [-0.25, -0.2) is 4.79 Å². The average molecular weight is 239 g/mol. The molecule has 1 rings (SSSR count). The lowest BCUT2D eigenvalue weighted by Crippen LogP contribution is -2.44. The van der Waals surface area contributed by atoms with Crippen LogP contribution in [0.3, 0.4) is 0 Å². The maximum Gasteiger partial charge on any atom is 0.321 e. The summed E-state index contributed by atoms with van der Waals surface area (Å²) in [5, 5.41) is 4.81. The van der Waals surface area contributed by atoms with E-state index >= 15 is 0 Å². The molecule has 0 aromatic rings. The smallest absolute Gasteiger partial charge is 0.321 e. The van der Waals surface area contributed by atoms with Gasteiger partial charge in [-0.1, -0.05) is 18.9 Å². The third kappa shape index (κ3) is 6.06. The summed E-state index contributed by atoms with van der Waals surface area (Å²) in [5.41, 5.74) is 0. The Hall–Kier alpha value is -1.36. The molecule has 0 atom stereocenters. The summed E-state index contributed by atoms with van der Waals surface area (Å²) in [6.07, 6.45) is 6.31. The topological polar surface area (TPSA) is 61.4 Å². The minimum atomic E-state index is -0.454. The minimum absolute atomic E-state index is 0.242. The highest BCUT2D eigenvalue weighted by Crippen LogP contribution is 2.08. The second kappa shape index (κ2) is 7.84. The van der Waals surface area contributed by atoms with E-state index < -0.39 is 6.03 Å². The van der Waals surface area contributed by atoms with E-state index in [0.717, 1.165) is 25.9 Å². The second-order valence-corrected chi connectivity index (χ2v) is 4.24. The van der Waals surface area contributed by atoms with Crippen LogP contribution in [0.5, 0.6) is 0 Å². The van der Waals surface area contributed by atoms with Crippen molar-refractivity contribution >= 4 is 11.9 Å². The lowest BCUT2D eigenvalue weighted by Gasteiger charge is -2.18. The first-order valence-corrected chi connectivity index (χ1v) is 6.13. The molecule has 96 valence electrons. The van der Waals surface area contributed by atoms with E-state index in [1.54, 1.807) is 6.08 Å². The SMILES string of the molecule is C=CCNC(=O)NC(=O)CN1CCCCCC1. The molecule has 0 spiro atoms. The van der Waals surface area contributed by atoms with Crippen LogP contribution in [-0.2, 0) is 4.79 Å². The quantitative estimate of drug-likeness (QED) is 0.716. The summed E-state index contributed by atoms with van der Waals surface area (Å²) < 4.78 is 0. The van der Waals surface area contributed by atoms with Crippen LogP contribution in [-0.4, -0.2) is 43.0 Å². The lowest BCUT2D eigenvalue weighted by atomic mass is 10.2. The first-order chi connectivity index (χ1) is 8.22. The molecule has 1 aliphatic rings. The standard InChI is InChI=1S/C12H21N3O2/c1-2-7-13-12(17)14-11(16)10-15-8-5-3-4-6-9-15/h2H,1,3-10H2,(H2,13,14,16,17). The number of nitrogens with zero attached hydrogens (tertiary/aromatic N) is 1. The average Bonchev–Trinajstić information content (AvgIpc) is 2.54. The Morgan fingerprint density at radius 3 is 2.41 bits per heavy atom. The lowest BCUT2D eigenvalue weighted by molar-refractivity contribution is -0.121. The van der Waals surface area contributed by atoms with Crippen LogP contribution in [0.2, 0.25) is 0 Å². The molecule has 5 nitrogen and oxygen atoms in total. The first-order valence-electron chi connectivity index (χ1n) is 6.13. The highest BCUT2D eigenvalue weighted by molar-refractivity contribution is 5.95. The van der Waals surface area contributed by atoms with Crippen molar-refractivity contribution in [3.05, 3.63) is 12.7 Å². The highest BCUT2D eigenvalue weighted by Gasteiger charge is 2.14. The van der Waals surface area contributed by atoms with Crippen LogP contribution in [0.25, 0.3) is 0 Å². The summed E-state index contributed by atoms with van der Waals surface area (Å²) >= 11 is 0. The molecule has 0 radical (unpaired) electrons. The van der Waals surface area contributed by atoms with Gasteiger partial charge in [0.05, 0.1) is 6.54 Å². The molecule has 1 fully saturated rings. The second-order valence-electron chi connectivity index (χ2n) is 4.24. The molecule has 0 aliphatic carbocycles. The molecule has 17 heavy (non-hydrogen) atoms. The number of urea groups is 1. The number of imide groups is 1. The van der Waals surface area contributed by atoms with Gasteiger partial charge in [0.15, 0.2) is 0 Å². The number of carbonyl (C=O) groups is 2. The third-order valence-electron chi connectivity index (χ3n) is 2.73. The Labute approximate surface area is 102 Å². The van der Waals surface area contributed by atoms with Crippen LogP contribution < -0.4 is 10.6 Å². The Morgan fingerprint density at radius 1 is 1.18 bits per heavy atom. The van der Waals surface area contributed by atoms with Crippen molar-refractivity contribution in [2.24, 2.45) is 0 Å². The van der Waals surface area contributed by atoms with Gasteiger partial charge in [0, 0.05) is 6.54 Å². The van der Waals surface area contributed by atoms with Crippen LogP contribution in [0.1, 0.15) is 25.7 Å². The number of likely N-dealkylation sites (tertiary alicyclic amines) is 1. The summed E-state index contributed by atoms with van der Waals surface area (Å²) in [5.74, 6) is -0.242. The van der Waals surface area contributed by atoms with Gasteiger partial charge in [-0.3, -0.25) is 15.0 Å². The van der Waals surface area contributed by atoms with Crippen LogP contribution in [0.15, 0.2) is 12.7 Å². The fourth-order valence-electron chi connectivity index (χ4n) is 1.87. The van der Waals surface area contributed by atoms with Crippen molar-refractivity contribution in [1.29, 1.82) is 0 Å². The van der Waals surface area contributed by atoms with Crippen molar-refractivity contribution in [2.45, 2.75) is 25.7 Å². The van der Waals surface area contributed by atoms with Gasteiger partial charge in [-0.15, -0.1) is 6.58 Å². The summed E-state index contributed by atoms with van der Waals surface area (Å²) in [4.78, 5) is 24.9. The predicted octanol–water partition coefficient (Wildman–Crippen LogP) is 0.874. The number of hydrogen-bond donors (Lipinski definition) is 2. The van der Waals surface area contributed by atoms with Gasteiger partial charge in [-0.2, -0.15) is 0 Å². The molecule has 0 aromatic carbocycles. The molecule has 1 aliphatic heterocycles. The van der Waals surface area contributed by atoms with Crippen molar-refractivity contribution in [3.63, 3.8) is 0 Å². The van der Waals surface area contributed by atoms with E-state index in [2.05, 4.69) is 22.1 Å². The van der Waals surface area contributed by atoms with Crippen molar-refractivity contribution in [1.82, 2.24) is 15.5 Å². The summed E-state index contributed by atoms with van der Waals surface area (Å²) in [7, 11) is 0. The van der Waals surface area contributed by atoms with Crippen LogP contribution in [0, 0.1) is 0 Å². The van der Waals surface area contributed by atoms with E-state index in [1.165, 1.54) is 12.8 Å². The molecule has 1 heterocycles. The highest BCUT2D eigenvalue weighted by atomic mass is 16.2. The molecule has 0 saturated carbocycles. The van der Waals surface area contributed by atoms with E-state index in [4.69, 9.17) is 0 Å². The fraction of sp³-hybridized carbons (Fsp3) is 0.667. The molecule has 0 unspecified atom stereocenters. The van der Waals surface area contributed by atoms with E-state index in [-0.39, 0.29) is 5.91 Å². The zero-order chi connectivity index (χ0) is 12.5. The molecule has 0 aromatic heterocycles. The molecular weight excluding hydrogens is 218 g/mol. The molecule has 0 bridgehead atoms. The van der Waals surface area contributed by atoms with Gasteiger partial charge >= 0.3 is 6.03 Å². The predicted molar refractivity (Wildman–Crippen MR) is 66.6 cm³/mol. The Morgan fingerprint density at radius 2 is 1.82 bits per heavy atom. The maximum absolute atomic E-state index is 11.6. The van der Waals surface area contributed by atoms with E-state index in [1.807, 2.05) is 0 Å². The summed E-state index contributed by atoms with van der Waals surface area (Å²) in [6, 6.07) is -0.454. The molecule has 1 saturated heterocycles. The van der Waals surface area contributed by atoms with Gasteiger partial charge in [0.2, 0.25) is 5.91 Å². The number of nitrogens with one attached hydrogen (secondary N) is 2. The Kier molecular flexibility index (Phi) is 6.32. The van der Waals surface area contributed by atoms with Crippen molar-refractivity contribution in [3.8, 4) is 0 Å². The molecule has 3 amide bonds. The normalized spacial score (nSPS) is 16.9. The molecule has 2 N–H and O–H groups in total. The van der Waals surface area contributed by atoms with Crippen molar-refractivity contribution < 1.29 is 9.59 Å².